The second-order valence-corrected chi connectivity index (χ2v) is 6.53. The first-order valence-electron chi connectivity index (χ1n) is 8.35. The number of anilines is 1. The van der Waals surface area contributed by atoms with Crippen LogP contribution in [0, 0.1) is 11.3 Å². The van der Waals surface area contributed by atoms with Gasteiger partial charge in [-0.2, -0.15) is 15.2 Å². The van der Waals surface area contributed by atoms with Crippen LogP contribution in [0.15, 0.2) is 36.4 Å². The lowest BCUT2D eigenvalue weighted by molar-refractivity contribution is 0.0987. The number of pyridine rings is 1. The zero-order valence-corrected chi connectivity index (χ0v) is 14.9. The van der Waals surface area contributed by atoms with Gasteiger partial charge in [-0.3, -0.25) is 0 Å². The van der Waals surface area contributed by atoms with Crippen molar-refractivity contribution < 1.29 is 4.74 Å². The Morgan fingerprint density at radius 3 is 2.92 bits per heavy atom. The topological polar surface area (TPSA) is 74.9 Å². The molecule has 4 rings (SSSR count). The molecule has 0 radical (unpaired) electrons. The minimum Gasteiger partial charge on any atom is -0.377 e. The van der Waals surface area contributed by atoms with Crippen LogP contribution in [-0.2, 0) is 4.74 Å². The average Bonchev–Trinajstić information content (AvgIpc) is 2.67. The predicted octanol–water partition coefficient (Wildman–Crippen LogP) is 3.44. The van der Waals surface area contributed by atoms with Crippen LogP contribution in [-0.4, -0.2) is 40.8 Å². The molecule has 1 aliphatic heterocycles. The standard InChI is InChI=1S/C19H16ClN5O/c1-12-11-26-8-7-25(12)18-15-5-6-16(22-17(15)23-19(20)24-18)14-4-2-3-13(9-14)10-21/h2-6,9,12H,7-8,11H2,1H3/t12-/m0/s1. The minimum absolute atomic E-state index is 0.168. The van der Waals surface area contributed by atoms with Gasteiger partial charge >= 0.3 is 0 Å². The fraction of sp³-hybridized carbons (Fsp3) is 0.263. The van der Waals surface area contributed by atoms with Crippen LogP contribution in [0.4, 0.5) is 5.82 Å². The summed E-state index contributed by atoms with van der Waals surface area (Å²) in [4.78, 5) is 15.6. The summed E-state index contributed by atoms with van der Waals surface area (Å²) < 4.78 is 5.51. The van der Waals surface area contributed by atoms with E-state index >= 15 is 0 Å². The summed E-state index contributed by atoms with van der Waals surface area (Å²) in [5, 5.41) is 10.1. The van der Waals surface area contributed by atoms with Crippen molar-refractivity contribution in [3.63, 3.8) is 0 Å². The van der Waals surface area contributed by atoms with E-state index in [1.54, 1.807) is 6.07 Å². The summed E-state index contributed by atoms with van der Waals surface area (Å²) >= 11 is 6.17. The molecule has 3 heterocycles. The van der Waals surface area contributed by atoms with Crippen molar-refractivity contribution in [1.82, 2.24) is 15.0 Å². The number of aromatic nitrogens is 3. The Balaban J connectivity index is 1.83. The van der Waals surface area contributed by atoms with Crippen LogP contribution in [0.2, 0.25) is 5.28 Å². The van der Waals surface area contributed by atoms with Crippen molar-refractivity contribution in [1.29, 1.82) is 5.26 Å². The van der Waals surface area contributed by atoms with Gasteiger partial charge in [0.05, 0.1) is 42.0 Å². The molecule has 1 aliphatic rings. The van der Waals surface area contributed by atoms with E-state index in [0.29, 0.717) is 24.4 Å². The number of hydrogen-bond acceptors (Lipinski definition) is 6. The molecule has 1 fully saturated rings. The van der Waals surface area contributed by atoms with Crippen LogP contribution in [0.1, 0.15) is 12.5 Å². The number of morpholine rings is 1. The number of benzene rings is 1. The van der Waals surface area contributed by atoms with Gasteiger partial charge in [0, 0.05) is 12.1 Å². The average molecular weight is 366 g/mol. The van der Waals surface area contributed by atoms with Crippen molar-refractivity contribution >= 4 is 28.5 Å². The van der Waals surface area contributed by atoms with Gasteiger partial charge in [0.1, 0.15) is 5.82 Å². The molecular weight excluding hydrogens is 350 g/mol. The van der Waals surface area contributed by atoms with Gasteiger partial charge in [0.15, 0.2) is 5.65 Å². The Bertz CT molecular complexity index is 1020. The number of ether oxygens (including phenoxy) is 1. The minimum atomic E-state index is 0.168. The normalized spacial score (nSPS) is 17.3. The molecule has 0 unspecified atom stereocenters. The predicted molar refractivity (Wildman–Crippen MR) is 100 cm³/mol. The molecule has 0 amide bonds. The third-order valence-corrected chi connectivity index (χ3v) is 4.61. The Morgan fingerprint density at radius 2 is 2.12 bits per heavy atom. The van der Waals surface area contributed by atoms with Gasteiger partial charge in [-0.15, -0.1) is 0 Å². The third kappa shape index (κ3) is 3.07. The number of halogens is 1. The van der Waals surface area contributed by atoms with E-state index in [9.17, 15) is 0 Å². The molecule has 26 heavy (non-hydrogen) atoms. The monoisotopic (exact) mass is 365 g/mol. The first-order chi connectivity index (χ1) is 12.7. The maximum absolute atomic E-state index is 9.10. The highest BCUT2D eigenvalue weighted by Crippen LogP contribution is 2.29. The van der Waals surface area contributed by atoms with E-state index in [1.807, 2.05) is 30.3 Å². The first-order valence-corrected chi connectivity index (χ1v) is 8.73. The molecule has 0 bridgehead atoms. The van der Waals surface area contributed by atoms with Crippen molar-refractivity contribution in [2.24, 2.45) is 0 Å². The zero-order chi connectivity index (χ0) is 18.1. The second-order valence-electron chi connectivity index (χ2n) is 6.19. The maximum atomic E-state index is 9.10. The van der Waals surface area contributed by atoms with E-state index < -0.39 is 0 Å². The van der Waals surface area contributed by atoms with E-state index in [0.717, 1.165) is 29.0 Å². The van der Waals surface area contributed by atoms with E-state index in [-0.39, 0.29) is 11.3 Å². The SMILES string of the molecule is C[C@H]1COCCN1c1nc(Cl)nc2nc(-c3cccc(C#N)c3)ccc12. The molecular formula is C19H16ClN5O. The zero-order valence-electron chi connectivity index (χ0n) is 14.2. The molecule has 3 aromatic rings. The number of rotatable bonds is 2. The molecule has 0 spiro atoms. The van der Waals surface area contributed by atoms with Gasteiger partial charge in [-0.25, -0.2) is 4.98 Å². The molecule has 0 N–H and O–H groups in total. The molecule has 6 nitrogen and oxygen atoms in total. The van der Waals surface area contributed by atoms with Gasteiger partial charge in [-0.1, -0.05) is 12.1 Å². The Hall–Kier alpha value is -2.75. The van der Waals surface area contributed by atoms with Crippen LogP contribution in [0.3, 0.4) is 0 Å². The highest BCUT2D eigenvalue weighted by molar-refractivity contribution is 6.28. The van der Waals surface area contributed by atoms with Gasteiger partial charge < -0.3 is 9.64 Å². The maximum Gasteiger partial charge on any atom is 0.226 e. The van der Waals surface area contributed by atoms with Crippen LogP contribution in [0.5, 0.6) is 0 Å². The molecule has 1 aromatic carbocycles. The molecule has 7 heteroatoms. The van der Waals surface area contributed by atoms with Crippen molar-refractivity contribution in [3.05, 3.63) is 47.2 Å². The quantitative estimate of drug-likeness (QED) is 0.647. The Kier molecular flexibility index (Phi) is 4.41. The number of nitrogens with zero attached hydrogens (tertiary/aromatic N) is 5. The van der Waals surface area contributed by atoms with E-state index in [1.165, 1.54) is 0 Å². The largest absolute Gasteiger partial charge is 0.377 e. The van der Waals surface area contributed by atoms with Gasteiger partial charge in [0.25, 0.3) is 0 Å². The molecule has 130 valence electrons. The lowest BCUT2D eigenvalue weighted by atomic mass is 10.1. The van der Waals surface area contributed by atoms with E-state index in [2.05, 4.69) is 32.8 Å². The fourth-order valence-electron chi connectivity index (χ4n) is 3.14. The van der Waals surface area contributed by atoms with E-state index in [4.69, 9.17) is 21.6 Å². The number of nitriles is 1. The summed E-state index contributed by atoms with van der Waals surface area (Å²) in [7, 11) is 0. The molecule has 1 atom stereocenters. The number of hydrogen-bond donors (Lipinski definition) is 0. The summed E-state index contributed by atoms with van der Waals surface area (Å²) in [5.74, 6) is 0.778. The van der Waals surface area contributed by atoms with Crippen LogP contribution in [0.25, 0.3) is 22.3 Å². The molecule has 2 aromatic heterocycles. The lowest BCUT2D eigenvalue weighted by Gasteiger charge is -2.34. The number of fused-ring (bicyclic) bond motifs is 1. The summed E-state index contributed by atoms with van der Waals surface area (Å²) in [6.45, 7) is 4.14. The molecule has 1 saturated heterocycles. The highest BCUT2D eigenvalue weighted by Gasteiger charge is 2.23. The molecule has 0 saturated carbocycles. The summed E-state index contributed by atoms with van der Waals surface area (Å²) in [6, 6.07) is 13.6. The smallest absolute Gasteiger partial charge is 0.226 e. The Morgan fingerprint density at radius 1 is 1.23 bits per heavy atom. The van der Waals surface area contributed by atoms with Crippen molar-refractivity contribution in [2.75, 3.05) is 24.7 Å². The van der Waals surface area contributed by atoms with Crippen LogP contribution < -0.4 is 4.90 Å². The molecule has 0 aliphatic carbocycles. The van der Waals surface area contributed by atoms with Crippen molar-refractivity contribution in [3.8, 4) is 17.3 Å². The lowest BCUT2D eigenvalue weighted by Crippen LogP contribution is -2.44. The third-order valence-electron chi connectivity index (χ3n) is 4.44. The Labute approximate surface area is 156 Å². The first kappa shape index (κ1) is 16.7. The van der Waals surface area contributed by atoms with Crippen LogP contribution >= 0.6 is 11.6 Å². The van der Waals surface area contributed by atoms with Gasteiger partial charge in [0.2, 0.25) is 5.28 Å². The van der Waals surface area contributed by atoms with Gasteiger partial charge in [-0.05, 0) is 42.8 Å². The fourth-order valence-corrected chi connectivity index (χ4v) is 3.30. The highest BCUT2D eigenvalue weighted by atomic mass is 35.5. The van der Waals surface area contributed by atoms with Crippen molar-refractivity contribution in [2.45, 2.75) is 13.0 Å². The second kappa shape index (κ2) is 6.87. The summed E-state index contributed by atoms with van der Waals surface area (Å²) in [6.07, 6.45) is 0. The summed E-state index contributed by atoms with van der Waals surface area (Å²) in [5.41, 5.74) is 2.74.